The molecular weight excluding hydrogens is 238 g/mol. The highest BCUT2D eigenvalue weighted by atomic mass is 16.6. The molecule has 1 aromatic carbocycles. The van der Waals surface area contributed by atoms with Gasteiger partial charge in [-0.05, 0) is 18.5 Å². The van der Waals surface area contributed by atoms with Gasteiger partial charge in [0.15, 0.2) is 0 Å². The van der Waals surface area contributed by atoms with E-state index in [2.05, 4.69) is 5.32 Å². The highest BCUT2D eigenvalue weighted by molar-refractivity contribution is 5.92. The summed E-state index contributed by atoms with van der Waals surface area (Å²) in [7, 11) is 0. The molecule has 4 N–H and O–H groups in total. The largest absolute Gasteiger partial charge is 0.506 e. The van der Waals surface area contributed by atoms with Crippen LogP contribution < -0.4 is 11.1 Å². The molecule has 0 saturated carbocycles. The number of amides is 1. The molecule has 1 atom stereocenters. The summed E-state index contributed by atoms with van der Waals surface area (Å²) in [6.07, 6.45) is 0.229. The van der Waals surface area contributed by atoms with Gasteiger partial charge in [0, 0.05) is 12.5 Å². The molecule has 0 aliphatic carbocycles. The lowest BCUT2D eigenvalue weighted by Gasteiger charge is -2.10. The van der Waals surface area contributed by atoms with Crippen LogP contribution in [0.15, 0.2) is 18.2 Å². The van der Waals surface area contributed by atoms with Gasteiger partial charge in [0.25, 0.3) is 5.69 Å². The normalized spacial score (nSPS) is 11.9. The topological polar surface area (TPSA) is 118 Å². The number of hydrogen-bond donors (Lipinski definition) is 3. The Balaban J connectivity index is 2.74. The Morgan fingerprint density at radius 1 is 1.61 bits per heavy atom. The van der Waals surface area contributed by atoms with E-state index < -0.39 is 4.92 Å². The second-order valence-electron chi connectivity index (χ2n) is 4.05. The lowest BCUT2D eigenvalue weighted by atomic mass is 10.1. The van der Waals surface area contributed by atoms with Crippen LogP contribution in [0.5, 0.6) is 5.75 Å². The summed E-state index contributed by atoms with van der Waals surface area (Å²) in [5.74, 6) is -0.597. The molecule has 0 saturated heterocycles. The van der Waals surface area contributed by atoms with Crippen molar-refractivity contribution < 1.29 is 14.8 Å². The van der Waals surface area contributed by atoms with E-state index in [4.69, 9.17) is 5.73 Å². The number of nitrogens with two attached hydrogens (primary N) is 1. The van der Waals surface area contributed by atoms with Gasteiger partial charge in [-0.1, -0.05) is 6.92 Å². The number of nitrogens with one attached hydrogen (secondary N) is 1. The predicted octanol–water partition coefficient (Wildman–Crippen LogP) is 1.22. The third-order valence-electron chi connectivity index (χ3n) is 2.40. The third-order valence-corrected chi connectivity index (χ3v) is 2.40. The van der Waals surface area contributed by atoms with Crippen molar-refractivity contribution >= 4 is 17.3 Å². The smallest absolute Gasteiger partial charge is 0.273 e. The van der Waals surface area contributed by atoms with Crippen LogP contribution in [0, 0.1) is 16.0 Å². The number of benzene rings is 1. The zero-order valence-corrected chi connectivity index (χ0v) is 9.92. The first-order valence-electron chi connectivity index (χ1n) is 5.41. The van der Waals surface area contributed by atoms with E-state index in [9.17, 15) is 20.0 Å². The maximum atomic E-state index is 11.5. The number of phenolic OH excluding ortho intramolecular Hbond substituents is 1. The van der Waals surface area contributed by atoms with Crippen molar-refractivity contribution in [1.29, 1.82) is 0 Å². The highest BCUT2D eigenvalue weighted by Crippen LogP contribution is 2.28. The molecule has 1 rings (SSSR count). The van der Waals surface area contributed by atoms with E-state index in [0.717, 1.165) is 6.07 Å². The molecule has 0 spiro atoms. The Morgan fingerprint density at radius 3 is 2.78 bits per heavy atom. The minimum atomic E-state index is -0.623. The highest BCUT2D eigenvalue weighted by Gasteiger charge is 2.13. The first kappa shape index (κ1) is 13.9. The Kier molecular flexibility index (Phi) is 4.61. The van der Waals surface area contributed by atoms with Gasteiger partial charge in [-0.15, -0.1) is 0 Å². The van der Waals surface area contributed by atoms with Crippen molar-refractivity contribution in [2.45, 2.75) is 13.3 Å². The molecule has 7 nitrogen and oxygen atoms in total. The van der Waals surface area contributed by atoms with Crippen LogP contribution in [-0.2, 0) is 4.79 Å². The van der Waals surface area contributed by atoms with Gasteiger partial charge in [0.05, 0.1) is 16.7 Å². The van der Waals surface area contributed by atoms with Crippen LogP contribution >= 0.6 is 0 Å². The number of carbonyl (C=O) groups is 1. The molecule has 1 amide bonds. The second kappa shape index (κ2) is 5.97. The Morgan fingerprint density at radius 2 is 2.28 bits per heavy atom. The van der Waals surface area contributed by atoms with Gasteiger partial charge >= 0.3 is 0 Å². The number of rotatable bonds is 5. The molecule has 18 heavy (non-hydrogen) atoms. The summed E-state index contributed by atoms with van der Waals surface area (Å²) in [6.45, 7) is 2.22. The number of aromatic hydroxyl groups is 1. The SMILES string of the molecule is CC(CN)CC(=O)Nc1ccc([N+](=O)[O-])cc1O. The minimum absolute atomic E-state index is 0.0326. The number of carbonyl (C=O) groups excluding carboxylic acids is 1. The zero-order chi connectivity index (χ0) is 13.7. The van der Waals surface area contributed by atoms with Gasteiger partial charge < -0.3 is 16.2 Å². The zero-order valence-electron chi connectivity index (χ0n) is 9.92. The van der Waals surface area contributed by atoms with Crippen molar-refractivity contribution in [3.05, 3.63) is 28.3 Å². The molecule has 0 aliphatic heterocycles. The van der Waals surface area contributed by atoms with Gasteiger partial charge in [-0.2, -0.15) is 0 Å². The van der Waals surface area contributed by atoms with E-state index in [0.29, 0.717) is 6.54 Å². The first-order chi connectivity index (χ1) is 8.43. The number of non-ortho nitro benzene ring substituents is 1. The van der Waals surface area contributed by atoms with Gasteiger partial charge in [0.2, 0.25) is 5.91 Å². The van der Waals surface area contributed by atoms with Crippen LogP contribution in [0.1, 0.15) is 13.3 Å². The molecule has 0 heterocycles. The summed E-state index contributed by atoms with van der Waals surface area (Å²) in [5, 5.41) is 22.5. The molecule has 0 fully saturated rings. The van der Waals surface area contributed by atoms with Crippen LogP contribution in [0.2, 0.25) is 0 Å². The van der Waals surface area contributed by atoms with Crippen molar-refractivity contribution in [3.63, 3.8) is 0 Å². The maximum Gasteiger partial charge on any atom is 0.273 e. The Hall–Kier alpha value is -2.15. The Labute approximate surface area is 104 Å². The summed E-state index contributed by atoms with van der Waals surface area (Å²) in [5.41, 5.74) is 5.31. The maximum absolute atomic E-state index is 11.5. The molecule has 0 radical (unpaired) electrons. The van der Waals surface area contributed by atoms with E-state index in [1.165, 1.54) is 12.1 Å². The van der Waals surface area contributed by atoms with E-state index >= 15 is 0 Å². The van der Waals surface area contributed by atoms with Crippen LogP contribution in [0.3, 0.4) is 0 Å². The monoisotopic (exact) mass is 253 g/mol. The van der Waals surface area contributed by atoms with E-state index in [1.54, 1.807) is 0 Å². The fourth-order valence-corrected chi connectivity index (χ4v) is 1.34. The van der Waals surface area contributed by atoms with Gasteiger partial charge in [0.1, 0.15) is 5.75 Å². The molecule has 0 aromatic heterocycles. The molecule has 1 aromatic rings. The average molecular weight is 253 g/mol. The van der Waals surface area contributed by atoms with Crippen molar-refractivity contribution in [2.24, 2.45) is 11.7 Å². The summed E-state index contributed by atoms with van der Waals surface area (Å²) in [4.78, 5) is 21.4. The van der Waals surface area contributed by atoms with Crippen molar-refractivity contribution in [1.82, 2.24) is 0 Å². The lowest BCUT2D eigenvalue weighted by Crippen LogP contribution is -2.20. The lowest BCUT2D eigenvalue weighted by molar-refractivity contribution is -0.384. The van der Waals surface area contributed by atoms with Crippen LogP contribution in [0.4, 0.5) is 11.4 Å². The van der Waals surface area contributed by atoms with E-state index in [1.807, 2.05) is 6.92 Å². The first-order valence-corrected chi connectivity index (χ1v) is 5.41. The van der Waals surface area contributed by atoms with Crippen molar-refractivity contribution in [3.8, 4) is 5.75 Å². The van der Waals surface area contributed by atoms with Gasteiger partial charge in [-0.25, -0.2) is 0 Å². The molecule has 0 aliphatic rings. The summed E-state index contributed by atoms with van der Waals surface area (Å²) < 4.78 is 0. The number of hydrogen-bond acceptors (Lipinski definition) is 5. The fraction of sp³-hybridized carbons (Fsp3) is 0.364. The molecule has 0 bridgehead atoms. The number of anilines is 1. The fourth-order valence-electron chi connectivity index (χ4n) is 1.34. The molecule has 98 valence electrons. The predicted molar refractivity (Wildman–Crippen MR) is 66.2 cm³/mol. The van der Waals surface area contributed by atoms with Gasteiger partial charge in [-0.3, -0.25) is 14.9 Å². The second-order valence-corrected chi connectivity index (χ2v) is 4.05. The number of phenols is 1. The molecular formula is C11H15N3O4. The van der Waals surface area contributed by atoms with Crippen LogP contribution in [0.25, 0.3) is 0 Å². The summed E-state index contributed by atoms with van der Waals surface area (Å²) >= 11 is 0. The number of nitro groups is 1. The van der Waals surface area contributed by atoms with Crippen LogP contribution in [-0.4, -0.2) is 22.5 Å². The molecule has 7 heteroatoms. The van der Waals surface area contributed by atoms with Crippen molar-refractivity contribution in [2.75, 3.05) is 11.9 Å². The molecule has 1 unspecified atom stereocenters. The number of nitro benzene ring substituents is 1. The quantitative estimate of drug-likeness (QED) is 0.414. The Bertz CT molecular complexity index is 462. The summed E-state index contributed by atoms with van der Waals surface area (Å²) in [6, 6.07) is 3.49. The van der Waals surface area contributed by atoms with E-state index in [-0.39, 0.29) is 35.4 Å². The third kappa shape index (κ3) is 3.70. The number of nitrogens with zero attached hydrogens (tertiary/aromatic N) is 1. The minimum Gasteiger partial charge on any atom is -0.506 e. The standard InChI is InChI=1S/C11H15N3O4/c1-7(6-12)4-11(16)13-9-3-2-8(14(17)18)5-10(9)15/h2-3,5,7,15H,4,6,12H2,1H3,(H,13,16). The average Bonchev–Trinajstić information content (AvgIpc) is 2.31.